The highest BCUT2D eigenvalue weighted by molar-refractivity contribution is 7.90. The number of alkyl carbamates (subject to hydrolysis) is 1. The second-order valence-corrected chi connectivity index (χ2v) is 9.44. The van der Waals surface area contributed by atoms with E-state index >= 15 is 0 Å². The van der Waals surface area contributed by atoms with Crippen molar-refractivity contribution in [3.63, 3.8) is 0 Å². The molecule has 0 bridgehead atoms. The Morgan fingerprint density at radius 1 is 1.24 bits per heavy atom. The van der Waals surface area contributed by atoms with Crippen molar-refractivity contribution in [2.45, 2.75) is 56.7 Å². The molecule has 11 heteroatoms. The standard InChI is InChI=1S/C18H26FN3O6S/c1-18(2,3)28-17(25)22-13(6-8-15(20)23)16(24)21-10-11-5-7-14(12(19)9-11)29(4,26)27/h5,7,9,13H,6,8,10H2,1-4H3,(H2,20,23)(H,21,24)(H,22,25)/t13-/m0/s1. The number of benzene rings is 1. The molecule has 0 unspecified atom stereocenters. The van der Waals surface area contributed by atoms with Gasteiger partial charge in [0.1, 0.15) is 22.4 Å². The summed E-state index contributed by atoms with van der Waals surface area (Å²) < 4.78 is 41.9. The van der Waals surface area contributed by atoms with E-state index in [0.717, 1.165) is 18.4 Å². The molecule has 1 aromatic carbocycles. The summed E-state index contributed by atoms with van der Waals surface area (Å²) >= 11 is 0. The van der Waals surface area contributed by atoms with Crippen molar-refractivity contribution >= 4 is 27.7 Å². The Hall–Kier alpha value is -2.69. The molecule has 0 aliphatic rings. The highest BCUT2D eigenvalue weighted by atomic mass is 32.2. The molecular formula is C18H26FN3O6S. The lowest BCUT2D eigenvalue weighted by atomic mass is 10.1. The predicted octanol–water partition coefficient (Wildman–Crippen LogP) is 1.00. The van der Waals surface area contributed by atoms with Gasteiger partial charge in [-0.25, -0.2) is 17.6 Å². The van der Waals surface area contributed by atoms with Crippen molar-refractivity contribution in [3.05, 3.63) is 29.6 Å². The fraction of sp³-hybridized carbons (Fsp3) is 0.500. The van der Waals surface area contributed by atoms with Crippen molar-refractivity contribution in [1.82, 2.24) is 10.6 Å². The second kappa shape index (κ2) is 9.68. The van der Waals surface area contributed by atoms with Crippen LogP contribution in [-0.2, 0) is 30.7 Å². The van der Waals surface area contributed by atoms with Gasteiger partial charge in [-0.1, -0.05) is 6.07 Å². The summed E-state index contributed by atoms with van der Waals surface area (Å²) in [5.74, 6) is -2.21. The molecule has 1 rings (SSSR count). The van der Waals surface area contributed by atoms with Gasteiger partial charge in [-0.2, -0.15) is 0 Å². The number of hydrogen-bond donors (Lipinski definition) is 3. The minimum absolute atomic E-state index is 0.0538. The number of nitrogens with two attached hydrogens (primary N) is 1. The number of halogens is 1. The van der Waals surface area contributed by atoms with Crippen LogP contribution in [0.3, 0.4) is 0 Å². The molecule has 29 heavy (non-hydrogen) atoms. The molecular weight excluding hydrogens is 405 g/mol. The number of ether oxygens (including phenoxy) is 1. The van der Waals surface area contributed by atoms with Crippen molar-refractivity contribution in [1.29, 1.82) is 0 Å². The van der Waals surface area contributed by atoms with Crippen LogP contribution in [-0.4, -0.2) is 44.2 Å². The second-order valence-electron chi connectivity index (χ2n) is 7.46. The number of hydrogen-bond acceptors (Lipinski definition) is 6. The zero-order valence-electron chi connectivity index (χ0n) is 16.7. The van der Waals surface area contributed by atoms with E-state index in [1.807, 2.05) is 0 Å². The normalized spacial score (nSPS) is 12.7. The summed E-state index contributed by atoms with van der Waals surface area (Å²) in [6, 6.07) is 2.36. The fourth-order valence-corrected chi connectivity index (χ4v) is 3.00. The Labute approximate surface area is 169 Å². The van der Waals surface area contributed by atoms with Gasteiger partial charge in [-0.3, -0.25) is 9.59 Å². The SMILES string of the molecule is CC(C)(C)OC(=O)N[C@@H](CCC(N)=O)C(=O)NCc1ccc(S(C)(=O)=O)c(F)c1. The topological polar surface area (TPSA) is 145 Å². The first-order valence-corrected chi connectivity index (χ1v) is 10.6. The van der Waals surface area contributed by atoms with Crippen LogP contribution in [0.5, 0.6) is 0 Å². The number of amides is 3. The molecule has 9 nitrogen and oxygen atoms in total. The van der Waals surface area contributed by atoms with Crippen LogP contribution in [0.25, 0.3) is 0 Å². The van der Waals surface area contributed by atoms with Crippen molar-refractivity contribution in [3.8, 4) is 0 Å². The zero-order valence-corrected chi connectivity index (χ0v) is 17.6. The maximum atomic E-state index is 14.0. The Kier molecular flexibility index (Phi) is 8.13. The van der Waals surface area contributed by atoms with Crippen LogP contribution in [0.2, 0.25) is 0 Å². The van der Waals surface area contributed by atoms with E-state index in [1.165, 1.54) is 6.07 Å². The molecule has 0 aliphatic carbocycles. The number of nitrogens with one attached hydrogen (secondary N) is 2. The molecule has 0 fully saturated rings. The van der Waals surface area contributed by atoms with Crippen LogP contribution in [0.15, 0.2) is 23.1 Å². The molecule has 3 amide bonds. The molecule has 1 atom stereocenters. The fourth-order valence-electron chi connectivity index (χ4n) is 2.27. The first kappa shape index (κ1) is 24.3. The lowest BCUT2D eigenvalue weighted by Crippen LogP contribution is -2.48. The van der Waals surface area contributed by atoms with Gasteiger partial charge in [0, 0.05) is 19.2 Å². The number of primary amides is 1. The van der Waals surface area contributed by atoms with Gasteiger partial charge in [-0.05, 0) is 44.9 Å². The van der Waals surface area contributed by atoms with Crippen LogP contribution >= 0.6 is 0 Å². The van der Waals surface area contributed by atoms with Crippen LogP contribution in [0, 0.1) is 5.82 Å². The van der Waals surface area contributed by atoms with E-state index in [2.05, 4.69) is 10.6 Å². The maximum Gasteiger partial charge on any atom is 0.408 e. The third kappa shape index (κ3) is 8.90. The summed E-state index contributed by atoms with van der Waals surface area (Å²) in [6.45, 7) is 4.84. The molecule has 162 valence electrons. The molecule has 0 aliphatic heterocycles. The van der Waals surface area contributed by atoms with Gasteiger partial charge in [0.25, 0.3) is 0 Å². The summed E-state index contributed by atoms with van der Waals surface area (Å²) in [5, 5.41) is 4.87. The first-order chi connectivity index (χ1) is 13.2. The number of carbonyl (C=O) groups excluding carboxylic acids is 3. The molecule has 0 spiro atoms. The molecule has 0 aromatic heterocycles. The minimum atomic E-state index is -3.71. The summed E-state index contributed by atoms with van der Waals surface area (Å²) in [6.07, 6.45) is -0.156. The van der Waals surface area contributed by atoms with Gasteiger partial charge < -0.3 is 21.1 Å². The summed E-state index contributed by atoms with van der Waals surface area (Å²) in [7, 11) is -3.71. The number of sulfone groups is 1. The van der Waals surface area contributed by atoms with Gasteiger partial charge in [0.2, 0.25) is 11.8 Å². The van der Waals surface area contributed by atoms with Crippen molar-refractivity contribution in [2.75, 3.05) is 6.26 Å². The van der Waals surface area contributed by atoms with E-state index < -0.39 is 50.1 Å². The average molecular weight is 431 g/mol. The monoisotopic (exact) mass is 431 g/mol. The molecule has 0 heterocycles. The first-order valence-electron chi connectivity index (χ1n) is 8.73. The van der Waals surface area contributed by atoms with Gasteiger partial charge in [0.05, 0.1) is 0 Å². The zero-order chi connectivity index (χ0) is 22.4. The molecule has 4 N–H and O–H groups in total. The largest absolute Gasteiger partial charge is 0.444 e. The van der Waals surface area contributed by atoms with E-state index in [-0.39, 0.29) is 19.4 Å². The smallest absolute Gasteiger partial charge is 0.408 e. The van der Waals surface area contributed by atoms with Gasteiger partial charge in [0.15, 0.2) is 9.84 Å². The van der Waals surface area contributed by atoms with E-state index in [1.54, 1.807) is 20.8 Å². The minimum Gasteiger partial charge on any atom is -0.444 e. The molecule has 1 aromatic rings. The lowest BCUT2D eigenvalue weighted by molar-refractivity contribution is -0.124. The third-order valence-corrected chi connectivity index (χ3v) is 4.68. The van der Waals surface area contributed by atoms with E-state index in [9.17, 15) is 27.2 Å². The van der Waals surface area contributed by atoms with Crippen molar-refractivity contribution < 1.29 is 31.9 Å². The quantitative estimate of drug-likeness (QED) is 0.560. The Morgan fingerprint density at radius 3 is 2.34 bits per heavy atom. The Bertz CT molecular complexity index is 880. The molecule has 0 saturated carbocycles. The van der Waals surface area contributed by atoms with Crippen LogP contribution in [0.1, 0.15) is 39.2 Å². The van der Waals surface area contributed by atoms with E-state index in [4.69, 9.17) is 10.5 Å². The lowest BCUT2D eigenvalue weighted by Gasteiger charge is -2.23. The Morgan fingerprint density at radius 2 is 1.86 bits per heavy atom. The van der Waals surface area contributed by atoms with Crippen LogP contribution in [0.4, 0.5) is 9.18 Å². The van der Waals surface area contributed by atoms with E-state index in [0.29, 0.717) is 5.56 Å². The molecule has 0 saturated heterocycles. The Balaban J connectivity index is 2.82. The van der Waals surface area contributed by atoms with Gasteiger partial charge in [-0.15, -0.1) is 0 Å². The number of carbonyl (C=O) groups is 3. The summed E-state index contributed by atoms with van der Waals surface area (Å²) in [4.78, 5) is 34.9. The van der Waals surface area contributed by atoms with Gasteiger partial charge >= 0.3 is 6.09 Å². The average Bonchev–Trinajstić information content (AvgIpc) is 2.53. The highest BCUT2D eigenvalue weighted by Gasteiger charge is 2.25. The predicted molar refractivity (Wildman–Crippen MR) is 103 cm³/mol. The summed E-state index contributed by atoms with van der Waals surface area (Å²) in [5.41, 5.74) is 4.63. The third-order valence-electron chi connectivity index (χ3n) is 3.55. The van der Waals surface area contributed by atoms with Crippen molar-refractivity contribution in [2.24, 2.45) is 5.73 Å². The number of rotatable bonds is 8. The molecule has 0 radical (unpaired) electrons. The maximum absolute atomic E-state index is 14.0. The highest BCUT2D eigenvalue weighted by Crippen LogP contribution is 2.16. The van der Waals surface area contributed by atoms with Crippen LogP contribution < -0.4 is 16.4 Å².